The zero-order chi connectivity index (χ0) is 15.4. The molecular formula is C16H19ClN2O2. The second-order valence-electron chi connectivity index (χ2n) is 5.34. The van der Waals surface area contributed by atoms with Gasteiger partial charge in [-0.15, -0.1) is 11.6 Å². The van der Waals surface area contributed by atoms with Crippen molar-refractivity contribution in [2.45, 2.75) is 32.6 Å². The van der Waals surface area contributed by atoms with Gasteiger partial charge in [-0.1, -0.05) is 19.9 Å². The molecule has 0 aliphatic rings. The zero-order valence-electron chi connectivity index (χ0n) is 12.2. The van der Waals surface area contributed by atoms with Crippen LogP contribution in [0, 0.1) is 0 Å². The molecule has 0 radical (unpaired) electrons. The van der Waals surface area contributed by atoms with Gasteiger partial charge in [0.2, 0.25) is 11.5 Å². The summed E-state index contributed by atoms with van der Waals surface area (Å²) in [5, 5.41) is 3.82. The Morgan fingerprint density at radius 1 is 1.33 bits per heavy atom. The van der Waals surface area contributed by atoms with E-state index in [1.54, 1.807) is 12.1 Å². The van der Waals surface area contributed by atoms with Crippen molar-refractivity contribution in [1.82, 2.24) is 4.98 Å². The smallest absolute Gasteiger partial charge is 0.248 e. The average Bonchev–Trinajstić information content (AvgIpc) is 2.43. The van der Waals surface area contributed by atoms with Gasteiger partial charge < -0.3 is 10.3 Å². The molecule has 2 rings (SSSR count). The molecule has 0 aliphatic carbocycles. The SMILES string of the molecule is CC(C)c1cc(=O)[nH]c2cc(NC(=O)CCCCl)ccc12. The molecule has 1 aromatic carbocycles. The Labute approximate surface area is 128 Å². The second-order valence-corrected chi connectivity index (χ2v) is 5.72. The molecule has 0 fully saturated rings. The maximum Gasteiger partial charge on any atom is 0.248 e. The third-order valence-corrected chi connectivity index (χ3v) is 3.59. The molecule has 1 aromatic heterocycles. The summed E-state index contributed by atoms with van der Waals surface area (Å²) in [6.45, 7) is 4.10. The first-order chi connectivity index (χ1) is 10.0. The van der Waals surface area contributed by atoms with Gasteiger partial charge in [0.05, 0.1) is 5.52 Å². The van der Waals surface area contributed by atoms with E-state index in [0.717, 1.165) is 16.5 Å². The zero-order valence-corrected chi connectivity index (χ0v) is 13.0. The maximum atomic E-state index is 11.7. The van der Waals surface area contributed by atoms with E-state index in [-0.39, 0.29) is 17.4 Å². The van der Waals surface area contributed by atoms with Crippen molar-refractivity contribution in [1.29, 1.82) is 0 Å². The topological polar surface area (TPSA) is 62.0 Å². The van der Waals surface area contributed by atoms with Crippen LogP contribution < -0.4 is 10.9 Å². The number of fused-ring (bicyclic) bond motifs is 1. The number of hydrogen-bond acceptors (Lipinski definition) is 2. The summed E-state index contributed by atoms with van der Waals surface area (Å²) in [6.07, 6.45) is 1.04. The molecule has 4 nitrogen and oxygen atoms in total. The Bertz CT molecular complexity index is 707. The first-order valence-electron chi connectivity index (χ1n) is 7.04. The van der Waals surface area contributed by atoms with Crippen molar-refractivity contribution >= 4 is 34.1 Å². The van der Waals surface area contributed by atoms with Gasteiger partial charge in [-0.3, -0.25) is 9.59 Å². The van der Waals surface area contributed by atoms with Gasteiger partial charge in [0.25, 0.3) is 0 Å². The van der Waals surface area contributed by atoms with Crippen LogP contribution in [0.2, 0.25) is 0 Å². The summed E-state index contributed by atoms with van der Waals surface area (Å²) in [5.74, 6) is 0.660. The Morgan fingerprint density at radius 2 is 2.10 bits per heavy atom. The van der Waals surface area contributed by atoms with Crippen molar-refractivity contribution in [3.63, 3.8) is 0 Å². The molecule has 0 unspecified atom stereocenters. The predicted molar refractivity (Wildman–Crippen MR) is 87.2 cm³/mol. The highest BCUT2D eigenvalue weighted by Crippen LogP contribution is 2.24. The lowest BCUT2D eigenvalue weighted by molar-refractivity contribution is -0.116. The van der Waals surface area contributed by atoms with Crippen molar-refractivity contribution in [3.05, 3.63) is 40.2 Å². The van der Waals surface area contributed by atoms with Gasteiger partial charge in [0, 0.05) is 29.4 Å². The second kappa shape index (κ2) is 6.76. The van der Waals surface area contributed by atoms with Crippen molar-refractivity contribution in [3.8, 4) is 0 Å². The van der Waals surface area contributed by atoms with Crippen LogP contribution in [0.5, 0.6) is 0 Å². The fourth-order valence-corrected chi connectivity index (χ4v) is 2.43. The molecule has 0 spiro atoms. The first kappa shape index (κ1) is 15.6. The largest absolute Gasteiger partial charge is 0.326 e. The van der Waals surface area contributed by atoms with E-state index in [0.29, 0.717) is 24.4 Å². The van der Waals surface area contributed by atoms with Gasteiger partial charge in [-0.2, -0.15) is 0 Å². The van der Waals surface area contributed by atoms with Gasteiger partial charge in [-0.05, 0) is 30.0 Å². The van der Waals surface area contributed by atoms with E-state index in [9.17, 15) is 9.59 Å². The minimum Gasteiger partial charge on any atom is -0.326 e. The van der Waals surface area contributed by atoms with Crippen LogP contribution in [-0.4, -0.2) is 16.8 Å². The molecule has 0 aliphatic heterocycles. The van der Waals surface area contributed by atoms with Gasteiger partial charge in [0.15, 0.2) is 0 Å². The number of carbonyl (C=O) groups is 1. The quantitative estimate of drug-likeness (QED) is 0.829. The third kappa shape index (κ3) is 3.85. The monoisotopic (exact) mass is 306 g/mol. The van der Waals surface area contributed by atoms with Crippen LogP contribution in [0.25, 0.3) is 10.9 Å². The van der Waals surface area contributed by atoms with Crippen molar-refractivity contribution < 1.29 is 4.79 Å². The summed E-state index contributed by atoms with van der Waals surface area (Å²) < 4.78 is 0. The molecule has 1 amide bonds. The van der Waals surface area contributed by atoms with Crippen LogP contribution in [0.3, 0.4) is 0 Å². The number of nitrogens with one attached hydrogen (secondary N) is 2. The van der Waals surface area contributed by atoms with E-state index < -0.39 is 0 Å². The molecule has 21 heavy (non-hydrogen) atoms. The van der Waals surface area contributed by atoms with Gasteiger partial charge in [0.1, 0.15) is 0 Å². The van der Waals surface area contributed by atoms with E-state index in [1.807, 2.05) is 12.1 Å². The summed E-state index contributed by atoms with van der Waals surface area (Å²) in [7, 11) is 0. The van der Waals surface area contributed by atoms with Crippen LogP contribution in [-0.2, 0) is 4.79 Å². The van der Waals surface area contributed by atoms with Crippen LogP contribution in [0.1, 0.15) is 38.2 Å². The molecule has 0 atom stereocenters. The number of halogens is 1. The lowest BCUT2D eigenvalue weighted by atomic mass is 9.99. The number of benzene rings is 1. The fraction of sp³-hybridized carbons (Fsp3) is 0.375. The number of hydrogen-bond donors (Lipinski definition) is 2. The minimum atomic E-state index is -0.128. The third-order valence-electron chi connectivity index (χ3n) is 3.32. The van der Waals surface area contributed by atoms with Crippen LogP contribution >= 0.6 is 11.6 Å². The van der Waals surface area contributed by atoms with Gasteiger partial charge >= 0.3 is 0 Å². The molecule has 2 aromatic rings. The number of rotatable bonds is 5. The Hall–Kier alpha value is -1.81. The number of pyridine rings is 1. The molecule has 112 valence electrons. The lowest BCUT2D eigenvalue weighted by Crippen LogP contribution is -2.12. The summed E-state index contributed by atoms with van der Waals surface area (Å²) >= 11 is 5.57. The molecule has 0 saturated heterocycles. The number of carbonyl (C=O) groups excluding carboxylic acids is 1. The number of amides is 1. The number of alkyl halides is 1. The standard InChI is InChI=1S/C16H19ClN2O2/c1-10(2)13-9-16(21)19-14-8-11(5-6-12(13)14)18-15(20)4-3-7-17/h5-6,8-10H,3-4,7H2,1-2H3,(H,18,20)(H,19,21). The van der Waals surface area contributed by atoms with Crippen molar-refractivity contribution in [2.24, 2.45) is 0 Å². The summed E-state index contributed by atoms with van der Waals surface area (Å²) in [5.41, 5.74) is 2.30. The summed E-state index contributed by atoms with van der Waals surface area (Å²) in [6, 6.07) is 7.20. The van der Waals surface area contributed by atoms with E-state index in [4.69, 9.17) is 11.6 Å². The highest BCUT2D eigenvalue weighted by atomic mass is 35.5. The molecular weight excluding hydrogens is 288 g/mol. The Morgan fingerprint density at radius 3 is 2.76 bits per heavy atom. The average molecular weight is 307 g/mol. The first-order valence-corrected chi connectivity index (χ1v) is 7.57. The van der Waals surface area contributed by atoms with E-state index >= 15 is 0 Å². The predicted octanol–water partition coefficient (Wildman–Crippen LogP) is 3.61. The van der Waals surface area contributed by atoms with E-state index in [2.05, 4.69) is 24.1 Å². The minimum absolute atomic E-state index is 0.0719. The maximum absolute atomic E-state index is 11.7. The molecule has 2 N–H and O–H groups in total. The molecule has 0 bridgehead atoms. The molecule has 5 heteroatoms. The number of H-pyrrole nitrogens is 1. The summed E-state index contributed by atoms with van der Waals surface area (Å²) in [4.78, 5) is 26.2. The number of anilines is 1. The Kier molecular flexibility index (Phi) is 5.02. The van der Waals surface area contributed by atoms with Crippen LogP contribution in [0.4, 0.5) is 5.69 Å². The van der Waals surface area contributed by atoms with Gasteiger partial charge in [-0.25, -0.2) is 0 Å². The number of aromatic amines is 1. The van der Waals surface area contributed by atoms with E-state index in [1.165, 1.54) is 0 Å². The lowest BCUT2D eigenvalue weighted by Gasteiger charge is -2.11. The fourth-order valence-electron chi connectivity index (χ4n) is 2.29. The highest BCUT2D eigenvalue weighted by Gasteiger charge is 2.09. The van der Waals surface area contributed by atoms with Crippen molar-refractivity contribution in [2.75, 3.05) is 11.2 Å². The molecule has 1 heterocycles. The van der Waals surface area contributed by atoms with Crippen LogP contribution in [0.15, 0.2) is 29.1 Å². The highest BCUT2D eigenvalue weighted by molar-refractivity contribution is 6.18. The number of aromatic nitrogens is 1. The molecule has 0 saturated carbocycles. The Balaban J connectivity index is 2.34. The normalized spacial score (nSPS) is 11.0.